The fraction of sp³-hybridized carbons (Fsp3) is 0.727. The van der Waals surface area contributed by atoms with Crippen molar-refractivity contribution in [2.24, 2.45) is 0 Å². The predicted octanol–water partition coefficient (Wildman–Crippen LogP) is 0.481. The molecule has 7 heteroatoms. The molecule has 18 heavy (non-hydrogen) atoms. The van der Waals surface area contributed by atoms with Gasteiger partial charge in [-0.05, 0) is 26.3 Å². The smallest absolute Gasteiger partial charge is 0.257 e. The van der Waals surface area contributed by atoms with Gasteiger partial charge < -0.3 is 4.98 Å². The third kappa shape index (κ3) is 3.30. The van der Waals surface area contributed by atoms with Crippen LogP contribution in [-0.2, 0) is 10.0 Å². The lowest BCUT2D eigenvalue weighted by molar-refractivity contribution is 0.282. The number of hydrogen-bond acceptors (Lipinski definition) is 4. The number of likely N-dealkylation sites (N-methyl/N-ethyl adjacent to an activating group) is 1. The number of sulfonamides is 1. The first-order valence-corrected chi connectivity index (χ1v) is 7.76. The van der Waals surface area contributed by atoms with Crippen LogP contribution in [0.25, 0.3) is 0 Å². The van der Waals surface area contributed by atoms with E-state index in [2.05, 4.69) is 26.5 Å². The molecule has 1 saturated carbocycles. The molecule has 1 aromatic rings. The molecule has 0 amide bonds. The van der Waals surface area contributed by atoms with Gasteiger partial charge in [0, 0.05) is 19.1 Å². The largest absolute Gasteiger partial charge is 0.332 e. The van der Waals surface area contributed by atoms with Crippen LogP contribution in [0.2, 0.25) is 0 Å². The molecule has 0 aliphatic heterocycles. The molecule has 1 aliphatic carbocycles. The van der Waals surface area contributed by atoms with E-state index in [9.17, 15) is 8.42 Å². The van der Waals surface area contributed by atoms with E-state index >= 15 is 0 Å². The maximum Gasteiger partial charge on any atom is 0.257 e. The molecular weight excluding hydrogens is 252 g/mol. The Labute approximate surface area is 108 Å². The highest BCUT2D eigenvalue weighted by Crippen LogP contribution is 2.25. The lowest BCUT2D eigenvalue weighted by Gasteiger charge is -2.19. The second-order valence-electron chi connectivity index (χ2n) is 4.59. The molecule has 0 atom stereocenters. The molecule has 6 nitrogen and oxygen atoms in total. The van der Waals surface area contributed by atoms with Crippen LogP contribution in [0.5, 0.6) is 0 Å². The van der Waals surface area contributed by atoms with E-state index in [1.807, 2.05) is 0 Å². The summed E-state index contributed by atoms with van der Waals surface area (Å²) in [5.74, 6) is 0.601. The van der Waals surface area contributed by atoms with Gasteiger partial charge in [-0.15, -0.1) is 0 Å². The number of H-pyrrole nitrogens is 1. The van der Waals surface area contributed by atoms with E-state index in [-0.39, 0.29) is 5.03 Å². The Morgan fingerprint density at radius 3 is 2.78 bits per heavy atom. The number of aromatic amines is 1. The highest BCUT2D eigenvalue weighted by molar-refractivity contribution is 7.89. The molecule has 0 spiro atoms. The second-order valence-corrected chi connectivity index (χ2v) is 6.33. The zero-order valence-corrected chi connectivity index (χ0v) is 11.6. The van der Waals surface area contributed by atoms with Gasteiger partial charge in [-0.3, -0.25) is 4.90 Å². The summed E-state index contributed by atoms with van der Waals surface area (Å²) in [4.78, 5) is 8.93. The summed E-state index contributed by atoms with van der Waals surface area (Å²) in [7, 11) is -3.44. The topological polar surface area (TPSA) is 78.1 Å². The van der Waals surface area contributed by atoms with Crippen LogP contribution in [-0.4, -0.2) is 49.0 Å². The van der Waals surface area contributed by atoms with Gasteiger partial charge in [0.2, 0.25) is 0 Å². The number of nitrogens with one attached hydrogen (secondary N) is 2. The summed E-state index contributed by atoms with van der Waals surface area (Å²) >= 11 is 0. The van der Waals surface area contributed by atoms with E-state index in [1.54, 1.807) is 6.92 Å². The lowest BCUT2D eigenvalue weighted by Crippen LogP contribution is -2.36. The van der Waals surface area contributed by atoms with Crippen molar-refractivity contribution in [2.75, 3.05) is 19.6 Å². The van der Waals surface area contributed by atoms with Crippen molar-refractivity contribution >= 4 is 10.0 Å². The van der Waals surface area contributed by atoms with Crippen molar-refractivity contribution < 1.29 is 8.42 Å². The number of nitrogens with zero attached hydrogens (tertiary/aromatic N) is 2. The van der Waals surface area contributed by atoms with Gasteiger partial charge >= 0.3 is 0 Å². The van der Waals surface area contributed by atoms with Crippen LogP contribution in [0.4, 0.5) is 0 Å². The van der Waals surface area contributed by atoms with Crippen molar-refractivity contribution in [2.45, 2.75) is 37.8 Å². The van der Waals surface area contributed by atoms with Crippen LogP contribution in [0, 0.1) is 6.92 Å². The Hall–Kier alpha value is -0.920. The van der Waals surface area contributed by atoms with Crippen molar-refractivity contribution in [1.29, 1.82) is 0 Å². The Kier molecular flexibility index (Phi) is 4.04. The fourth-order valence-corrected chi connectivity index (χ4v) is 2.96. The molecular formula is C11H20N4O2S. The molecule has 1 fully saturated rings. The van der Waals surface area contributed by atoms with Gasteiger partial charge in [0.05, 0.1) is 6.20 Å². The molecule has 0 bridgehead atoms. The van der Waals surface area contributed by atoms with Gasteiger partial charge in [-0.2, -0.15) is 0 Å². The van der Waals surface area contributed by atoms with Crippen LogP contribution >= 0.6 is 0 Å². The van der Waals surface area contributed by atoms with Gasteiger partial charge in [0.1, 0.15) is 5.82 Å². The van der Waals surface area contributed by atoms with Crippen LogP contribution in [0.3, 0.4) is 0 Å². The van der Waals surface area contributed by atoms with Gasteiger partial charge in [-0.25, -0.2) is 18.1 Å². The van der Waals surface area contributed by atoms with Crippen LogP contribution in [0.1, 0.15) is 25.6 Å². The number of imidazole rings is 1. The van der Waals surface area contributed by atoms with E-state index in [0.29, 0.717) is 18.4 Å². The minimum atomic E-state index is -3.44. The minimum absolute atomic E-state index is 0.134. The zero-order valence-electron chi connectivity index (χ0n) is 10.8. The summed E-state index contributed by atoms with van der Waals surface area (Å²) in [5.41, 5.74) is 0. The van der Waals surface area contributed by atoms with E-state index in [1.165, 1.54) is 19.0 Å². The summed E-state index contributed by atoms with van der Waals surface area (Å²) in [6, 6.07) is 0.661. The average Bonchev–Trinajstić information content (AvgIpc) is 3.06. The normalized spacial score (nSPS) is 16.4. The molecule has 0 aromatic carbocycles. The van der Waals surface area contributed by atoms with Gasteiger partial charge in [0.15, 0.2) is 5.03 Å². The first-order valence-electron chi connectivity index (χ1n) is 6.28. The van der Waals surface area contributed by atoms with E-state index in [4.69, 9.17) is 0 Å². The zero-order chi connectivity index (χ0) is 13.2. The Bertz CT molecular complexity index is 493. The molecule has 2 N–H and O–H groups in total. The molecule has 102 valence electrons. The SMILES string of the molecule is CCN(CCNS(=O)(=O)c1cnc(C)[nH]1)C1CC1. The monoisotopic (exact) mass is 272 g/mol. The standard InChI is InChI=1S/C11H20N4O2S/c1-3-15(10-4-5-10)7-6-13-18(16,17)11-8-12-9(2)14-11/h8,10,13H,3-7H2,1-2H3,(H,12,14). The highest BCUT2D eigenvalue weighted by Gasteiger charge is 2.27. The third-order valence-corrected chi connectivity index (χ3v) is 4.50. The van der Waals surface area contributed by atoms with Crippen molar-refractivity contribution in [3.8, 4) is 0 Å². The lowest BCUT2D eigenvalue weighted by atomic mass is 10.4. The molecule has 1 heterocycles. The summed E-state index contributed by atoms with van der Waals surface area (Å²) in [6.45, 7) is 5.99. The molecule has 1 aliphatic rings. The van der Waals surface area contributed by atoms with Crippen LogP contribution < -0.4 is 4.72 Å². The number of aromatic nitrogens is 2. The minimum Gasteiger partial charge on any atom is -0.332 e. The van der Waals surface area contributed by atoms with Gasteiger partial charge in [-0.1, -0.05) is 6.92 Å². The summed E-state index contributed by atoms with van der Waals surface area (Å²) in [5, 5.41) is 0.134. The fourth-order valence-electron chi connectivity index (χ4n) is 1.97. The highest BCUT2D eigenvalue weighted by atomic mass is 32.2. The van der Waals surface area contributed by atoms with E-state index in [0.717, 1.165) is 13.1 Å². The number of hydrogen-bond donors (Lipinski definition) is 2. The van der Waals surface area contributed by atoms with Crippen molar-refractivity contribution in [3.05, 3.63) is 12.0 Å². The van der Waals surface area contributed by atoms with E-state index < -0.39 is 10.0 Å². The number of aryl methyl sites for hydroxylation is 1. The second kappa shape index (κ2) is 5.38. The Balaban J connectivity index is 1.85. The maximum absolute atomic E-state index is 11.9. The molecule has 0 saturated heterocycles. The first-order chi connectivity index (χ1) is 8.53. The molecule has 0 unspecified atom stereocenters. The molecule has 1 aromatic heterocycles. The Morgan fingerprint density at radius 2 is 2.28 bits per heavy atom. The van der Waals surface area contributed by atoms with Crippen LogP contribution in [0.15, 0.2) is 11.2 Å². The molecule has 0 radical (unpaired) electrons. The number of rotatable bonds is 7. The average molecular weight is 272 g/mol. The molecule has 2 rings (SSSR count). The first kappa shape index (κ1) is 13.5. The third-order valence-electron chi connectivity index (χ3n) is 3.13. The summed E-state index contributed by atoms with van der Waals surface area (Å²) < 4.78 is 26.4. The van der Waals surface area contributed by atoms with Gasteiger partial charge in [0.25, 0.3) is 10.0 Å². The maximum atomic E-state index is 11.9. The van der Waals surface area contributed by atoms with Crippen molar-refractivity contribution in [3.63, 3.8) is 0 Å². The Morgan fingerprint density at radius 1 is 1.56 bits per heavy atom. The summed E-state index contributed by atoms with van der Waals surface area (Å²) in [6.07, 6.45) is 3.82. The predicted molar refractivity (Wildman–Crippen MR) is 68.8 cm³/mol. The van der Waals surface area contributed by atoms with Crippen molar-refractivity contribution in [1.82, 2.24) is 19.6 Å². The quantitative estimate of drug-likeness (QED) is 0.757.